The maximum atomic E-state index is 11.5. The third-order valence-electron chi connectivity index (χ3n) is 1.92. The fourth-order valence-electron chi connectivity index (χ4n) is 1.13. The summed E-state index contributed by atoms with van der Waals surface area (Å²) in [6.07, 6.45) is 0.239. The van der Waals surface area contributed by atoms with Crippen molar-refractivity contribution < 1.29 is 19.1 Å². The Morgan fingerprint density at radius 1 is 1.26 bits per heavy atom. The number of hydrogen-bond acceptors (Lipinski definition) is 5. The van der Waals surface area contributed by atoms with E-state index in [0.717, 1.165) is 0 Å². The first-order valence-electron chi connectivity index (χ1n) is 5.94. The topological polar surface area (TPSA) is 84.5 Å². The molecule has 0 aromatic rings. The van der Waals surface area contributed by atoms with Crippen LogP contribution >= 0.6 is 11.8 Å². The van der Waals surface area contributed by atoms with Crippen molar-refractivity contribution in [2.24, 2.45) is 0 Å². The number of esters is 1. The van der Waals surface area contributed by atoms with Gasteiger partial charge in [0.05, 0.1) is 19.3 Å². The summed E-state index contributed by atoms with van der Waals surface area (Å²) in [4.78, 5) is 33.9. The van der Waals surface area contributed by atoms with Gasteiger partial charge >= 0.3 is 12.0 Å². The molecule has 6 nitrogen and oxygen atoms in total. The number of carbonyl (C=O) groups excluding carboxylic acids is 3. The molecule has 3 amide bonds. The van der Waals surface area contributed by atoms with Crippen molar-refractivity contribution in [2.75, 3.05) is 12.9 Å². The molecule has 0 aromatic heterocycles. The lowest BCUT2D eigenvalue weighted by atomic mass is 10.1. The molecule has 7 heteroatoms. The smallest absolute Gasteiger partial charge is 0.321 e. The van der Waals surface area contributed by atoms with Crippen LogP contribution in [0.25, 0.3) is 0 Å². The van der Waals surface area contributed by atoms with Gasteiger partial charge in [0, 0.05) is 10.8 Å². The van der Waals surface area contributed by atoms with E-state index in [2.05, 4.69) is 15.4 Å². The van der Waals surface area contributed by atoms with Crippen LogP contribution in [0.4, 0.5) is 4.79 Å². The van der Waals surface area contributed by atoms with E-state index < -0.39 is 11.6 Å². The Bertz CT molecular complexity index is 339. The molecule has 0 fully saturated rings. The first-order valence-corrected chi connectivity index (χ1v) is 6.99. The van der Waals surface area contributed by atoms with Gasteiger partial charge in [-0.1, -0.05) is 6.92 Å². The van der Waals surface area contributed by atoms with Crippen LogP contribution in [0.5, 0.6) is 0 Å². The van der Waals surface area contributed by atoms with Crippen molar-refractivity contribution in [3.8, 4) is 0 Å². The number of amides is 3. The van der Waals surface area contributed by atoms with Gasteiger partial charge in [-0.3, -0.25) is 14.9 Å². The molecule has 2 N–H and O–H groups in total. The van der Waals surface area contributed by atoms with Crippen molar-refractivity contribution >= 4 is 29.7 Å². The molecular weight excluding hydrogens is 268 g/mol. The van der Waals surface area contributed by atoms with E-state index in [1.807, 2.05) is 27.7 Å². The number of urea groups is 1. The van der Waals surface area contributed by atoms with Crippen LogP contribution in [0.2, 0.25) is 0 Å². The molecule has 0 bridgehead atoms. The van der Waals surface area contributed by atoms with Crippen molar-refractivity contribution in [3.63, 3.8) is 0 Å². The number of thioether (sulfide) groups is 1. The molecule has 110 valence electrons. The second-order valence-electron chi connectivity index (χ2n) is 5.15. The van der Waals surface area contributed by atoms with E-state index in [9.17, 15) is 14.4 Å². The van der Waals surface area contributed by atoms with Gasteiger partial charge in [-0.05, 0) is 20.8 Å². The number of ether oxygens (including phenoxy) is 1. The Balaban J connectivity index is 3.93. The van der Waals surface area contributed by atoms with E-state index in [-0.39, 0.29) is 29.3 Å². The molecule has 0 heterocycles. The summed E-state index contributed by atoms with van der Waals surface area (Å²) < 4.78 is 4.53. The maximum Gasteiger partial charge on any atom is 0.321 e. The van der Waals surface area contributed by atoms with Crippen LogP contribution in [-0.4, -0.2) is 41.6 Å². The number of imide groups is 1. The molecule has 0 spiro atoms. The Morgan fingerprint density at radius 2 is 1.84 bits per heavy atom. The lowest BCUT2D eigenvalue weighted by molar-refractivity contribution is -0.140. The molecule has 0 radical (unpaired) electrons. The van der Waals surface area contributed by atoms with Crippen LogP contribution in [0, 0.1) is 0 Å². The zero-order valence-electron chi connectivity index (χ0n) is 12.0. The lowest BCUT2D eigenvalue weighted by Crippen LogP contribution is -2.48. The summed E-state index contributed by atoms with van der Waals surface area (Å²) in [6.45, 7) is 7.29. The van der Waals surface area contributed by atoms with E-state index in [4.69, 9.17) is 0 Å². The largest absolute Gasteiger partial charge is 0.469 e. The molecule has 1 atom stereocenters. The van der Waals surface area contributed by atoms with Gasteiger partial charge in [-0.25, -0.2) is 4.79 Å². The lowest BCUT2D eigenvalue weighted by Gasteiger charge is -2.20. The first kappa shape index (κ1) is 17.8. The van der Waals surface area contributed by atoms with Crippen molar-refractivity contribution in [2.45, 2.75) is 44.9 Å². The number of methoxy groups -OCH3 is 1. The van der Waals surface area contributed by atoms with E-state index in [1.165, 1.54) is 18.9 Å². The number of hydrogen-bond donors (Lipinski definition) is 2. The SMILES string of the molecule is COC(=O)CC(C)SCC(=O)NC(=O)NC(C)(C)C. The van der Waals surface area contributed by atoms with Crippen LogP contribution in [0.1, 0.15) is 34.1 Å². The van der Waals surface area contributed by atoms with Crippen molar-refractivity contribution in [3.05, 3.63) is 0 Å². The zero-order valence-corrected chi connectivity index (χ0v) is 12.8. The van der Waals surface area contributed by atoms with Crippen LogP contribution in [-0.2, 0) is 14.3 Å². The molecule has 0 rings (SSSR count). The molecule has 0 saturated heterocycles. The fraction of sp³-hybridized carbons (Fsp3) is 0.750. The quantitative estimate of drug-likeness (QED) is 0.745. The third kappa shape index (κ3) is 10.4. The predicted octanol–water partition coefficient (Wildman–Crippen LogP) is 1.30. The van der Waals surface area contributed by atoms with Gasteiger partial charge in [0.2, 0.25) is 5.91 Å². The van der Waals surface area contributed by atoms with E-state index in [1.54, 1.807) is 0 Å². The second kappa shape index (κ2) is 8.04. The van der Waals surface area contributed by atoms with Crippen LogP contribution in [0.3, 0.4) is 0 Å². The normalized spacial score (nSPS) is 12.5. The monoisotopic (exact) mass is 290 g/mol. The van der Waals surface area contributed by atoms with Gasteiger partial charge in [0.25, 0.3) is 0 Å². The van der Waals surface area contributed by atoms with Gasteiger partial charge in [-0.2, -0.15) is 0 Å². The molecule has 0 aliphatic carbocycles. The molecule has 0 aromatic carbocycles. The number of carbonyl (C=O) groups is 3. The molecular formula is C12H22N2O4S. The van der Waals surface area contributed by atoms with Gasteiger partial charge in [0.15, 0.2) is 0 Å². The molecule has 0 aliphatic heterocycles. The van der Waals surface area contributed by atoms with E-state index >= 15 is 0 Å². The summed E-state index contributed by atoms with van der Waals surface area (Å²) in [6, 6.07) is -0.515. The first-order chi connectivity index (χ1) is 8.64. The second-order valence-corrected chi connectivity index (χ2v) is 6.58. The summed E-state index contributed by atoms with van der Waals surface area (Å²) in [5.74, 6) is -0.579. The number of rotatable bonds is 5. The molecule has 0 aliphatic rings. The average Bonchev–Trinajstić information content (AvgIpc) is 2.23. The minimum Gasteiger partial charge on any atom is -0.469 e. The van der Waals surface area contributed by atoms with Crippen molar-refractivity contribution in [1.82, 2.24) is 10.6 Å². The van der Waals surface area contributed by atoms with Gasteiger partial charge < -0.3 is 10.1 Å². The highest BCUT2D eigenvalue weighted by molar-refractivity contribution is 8.00. The predicted molar refractivity (Wildman–Crippen MR) is 75.0 cm³/mol. The summed E-state index contributed by atoms with van der Waals surface area (Å²) in [7, 11) is 1.32. The standard InChI is InChI=1S/C12H22N2O4S/c1-8(6-10(16)18-5)19-7-9(15)13-11(17)14-12(2,3)4/h8H,6-7H2,1-5H3,(H2,13,14,15,17). The highest BCUT2D eigenvalue weighted by atomic mass is 32.2. The van der Waals surface area contributed by atoms with E-state index in [0.29, 0.717) is 0 Å². The Labute approximate surface area is 118 Å². The highest BCUT2D eigenvalue weighted by Gasteiger charge is 2.17. The van der Waals surface area contributed by atoms with Crippen LogP contribution in [0.15, 0.2) is 0 Å². The highest BCUT2D eigenvalue weighted by Crippen LogP contribution is 2.14. The van der Waals surface area contributed by atoms with Gasteiger partial charge in [-0.15, -0.1) is 11.8 Å². The Morgan fingerprint density at radius 3 is 2.32 bits per heavy atom. The summed E-state index contributed by atoms with van der Waals surface area (Å²) >= 11 is 1.30. The Hall–Kier alpha value is -1.24. The minimum absolute atomic E-state index is 0.0381. The number of nitrogens with one attached hydrogen (secondary N) is 2. The van der Waals surface area contributed by atoms with Crippen LogP contribution < -0.4 is 10.6 Å². The van der Waals surface area contributed by atoms with Crippen molar-refractivity contribution in [1.29, 1.82) is 0 Å². The van der Waals surface area contributed by atoms with Gasteiger partial charge in [0.1, 0.15) is 0 Å². The maximum absolute atomic E-state index is 11.5. The fourth-order valence-corrected chi connectivity index (χ4v) is 1.89. The molecule has 0 saturated carbocycles. The minimum atomic E-state index is -0.515. The molecule has 1 unspecified atom stereocenters. The molecule has 19 heavy (non-hydrogen) atoms. The zero-order chi connectivity index (χ0) is 15.1. The summed E-state index contributed by atoms with van der Waals surface area (Å²) in [5, 5.41) is 4.82. The summed E-state index contributed by atoms with van der Waals surface area (Å²) in [5.41, 5.74) is -0.393. The third-order valence-corrected chi connectivity index (χ3v) is 3.09. The Kier molecular flexibility index (Phi) is 7.51. The average molecular weight is 290 g/mol.